The number of carbonyl (C=O) groups excluding carboxylic acids is 1. The molecular weight excluding hydrogens is 255 g/mol. The standard InChI is InChI=1S/C17H17FO2/c1-2-3-4-13-5-8-16(9-6-13)20-17-10-7-15(18)11-14(17)12-19/h5-12H,2-4H2,1H3. The number of halogens is 1. The number of aryl methyl sites for hydroxylation is 1. The Morgan fingerprint density at radius 2 is 1.90 bits per heavy atom. The number of ether oxygens (including phenoxy) is 1. The van der Waals surface area contributed by atoms with Gasteiger partial charge in [-0.1, -0.05) is 25.5 Å². The van der Waals surface area contributed by atoms with E-state index in [1.165, 1.54) is 17.7 Å². The normalized spacial score (nSPS) is 10.3. The lowest BCUT2D eigenvalue weighted by molar-refractivity contribution is 0.112. The van der Waals surface area contributed by atoms with E-state index in [0.29, 0.717) is 17.8 Å². The van der Waals surface area contributed by atoms with Crippen LogP contribution in [-0.4, -0.2) is 6.29 Å². The van der Waals surface area contributed by atoms with Crippen LogP contribution in [-0.2, 0) is 6.42 Å². The SMILES string of the molecule is CCCCc1ccc(Oc2ccc(F)cc2C=O)cc1. The molecule has 0 spiro atoms. The molecule has 0 atom stereocenters. The molecule has 2 nitrogen and oxygen atoms in total. The lowest BCUT2D eigenvalue weighted by Gasteiger charge is -2.08. The van der Waals surface area contributed by atoms with Gasteiger partial charge in [-0.25, -0.2) is 4.39 Å². The van der Waals surface area contributed by atoms with Crippen LogP contribution in [0.25, 0.3) is 0 Å². The maximum atomic E-state index is 13.0. The number of aldehydes is 1. The molecule has 0 aliphatic carbocycles. The zero-order valence-electron chi connectivity index (χ0n) is 11.4. The Kier molecular flexibility index (Phi) is 4.88. The van der Waals surface area contributed by atoms with Crippen LogP contribution in [0.2, 0.25) is 0 Å². The van der Waals surface area contributed by atoms with Gasteiger partial charge in [-0.2, -0.15) is 0 Å². The fraction of sp³-hybridized carbons (Fsp3) is 0.235. The van der Waals surface area contributed by atoms with E-state index < -0.39 is 5.82 Å². The Hall–Kier alpha value is -2.16. The molecule has 0 saturated carbocycles. The monoisotopic (exact) mass is 272 g/mol. The molecule has 2 aromatic rings. The maximum Gasteiger partial charge on any atom is 0.153 e. The van der Waals surface area contributed by atoms with Crippen molar-refractivity contribution >= 4 is 6.29 Å². The molecule has 0 heterocycles. The summed E-state index contributed by atoms with van der Waals surface area (Å²) in [6.45, 7) is 2.16. The quantitative estimate of drug-likeness (QED) is 0.708. The summed E-state index contributed by atoms with van der Waals surface area (Å²) < 4.78 is 18.6. The summed E-state index contributed by atoms with van der Waals surface area (Å²) in [6.07, 6.45) is 3.96. The molecule has 2 rings (SSSR count). The van der Waals surface area contributed by atoms with Gasteiger partial charge in [-0.15, -0.1) is 0 Å². The van der Waals surface area contributed by atoms with E-state index in [1.54, 1.807) is 0 Å². The molecule has 0 aromatic heterocycles. The molecule has 0 radical (unpaired) electrons. The van der Waals surface area contributed by atoms with Crippen molar-refractivity contribution in [1.82, 2.24) is 0 Å². The second-order valence-corrected chi connectivity index (χ2v) is 4.65. The number of hydrogen-bond acceptors (Lipinski definition) is 2. The number of rotatable bonds is 6. The highest BCUT2D eigenvalue weighted by atomic mass is 19.1. The van der Waals surface area contributed by atoms with Crippen LogP contribution < -0.4 is 4.74 Å². The van der Waals surface area contributed by atoms with E-state index in [9.17, 15) is 9.18 Å². The van der Waals surface area contributed by atoms with Crippen LogP contribution in [0.1, 0.15) is 35.7 Å². The van der Waals surface area contributed by atoms with E-state index in [2.05, 4.69) is 6.92 Å². The highest BCUT2D eigenvalue weighted by molar-refractivity contribution is 5.79. The van der Waals surface area contributed by atoms with Gasteiger partial charge in [0, 0.05) is 0 Å². The zero-order valence-corrected chi connectivity index (χ0v) is 11.4. The molecule has 0 fully saturated rings. The molecule has 0 aliphatic rings. The van der Waals surface area contributed by atoms with E-state index in [-0.39, 0.29) is 5.56 Å². The highest BCUT2D eigenvalue weighted by Gasteiger charge is 2.06. The summed E-state index contributed by atoms with van der Waals surface area (Å²) in [6, 6.07) is 11.6. The molecule has 0 unspecified atom stereocenters. The second kappa shape index (κ2) is 6.85. The molecule has 20 heavy (non-hydrogen) atoms. The van der Waals surface area contributed by atoms with Gasteiger partial charge in [0.15, 0.2) is 6.29 Å². The summed E-state index contributed by atoms with van der Waals surface area (Å²) in [7, 11) is 0. The average Bonchev–Trinajstić information content (AvgIpc) is 2.48. The van der Waals surface area contributed by atoms with Gasteiger partial charge >= 0.3 is 0 Å². The number of carbonyl (C=O) groups is 1. The van der Waals surface area contributed by atoms with E-state index in [4.69, 9.17) is 4.74 Å². The van der Waals surface area contributed by atoms with Crippen LogP contribution in [0.4, 0.5) is 4.39 Å². The summed E-state index contributed by atoms with van der Waals surface area (Å²) >= 11 is 0. The molecule has 2 aromatic carbocycles. The van der Waals surface area contributed by atoms with Crippen LogP contribution in [0.5, 0.6) is 11.5 Å². The minimum Gasteiger partial charge on any atom is -0.457 e. The summed E-state index contributed by atoms with van der Waals surface area (Å²) in [5.74, 6) is 0.553. The van der Waals surface area contributed by atoms with Crippen molar-refractivity contribution in [3.8, 4) is 11.5 Å². The fourth-order valence-electron chi connectivity index (χ4n) is 1.94. The smallest absolute Gasteiger partial charge is 0.153 e. The van der Waals surface area contributed by atoms with Gasteiger partial charge in [-0.05, 0) is 48.7 Å². The minimum atomic E-state index is -0.450. The third-order valence-corrected chi connectivity index (χ3v) is 3.07. The Morgan fingerprint density at radius 3 is 2.55 bits per heavy atom. The molecular formula is C17H17FO2. The van der Waals surface area contributed by atoms with Crippen molar-refractivity contribution in [2.24, 2.45) is 0 Å². The maximum absolute atomic E-state index is 13.0. The van der Waals surface area contributed by atoms with Gasteiger partial charge in [-0.3, -0.25) is 4.79 Å². The van der Waals surface area contributed by atoms with Crippen LogP contribution in [0, 0.1) is 5.82 Å². The van der Waals surface area contributed by atoms with Crippen molar-refractivity contribution < 1.29 is 13.9 Å². The van der Waals surface area contributed by atoms with Crippen LogP contribution in [0.15, 0.2) is 42.5 Å². The highest BCUT2D eigenvalue weighted by Crippen LogP contribution is 2.25. The molecule has 0 aliphatic heterocycles. The first kappa shape index (κ1) is 14.3. The predicted molar refractivity (Wildman–Crippen MR) is 76.9 cm³/mol. The third-order valence-electron chi connectivity index (χ3n) is 3.07. The lowest BCUT2D eigenvalue weighted by atomic mass is 10.1. The minimum absolute atomic E-state index is 0.208. The Balaban J connectivity index is 2.12. The number of hydrogen-bond donors (Lipinski definition) is 0. The van der Waals surface area contributed by atoms with Crippen molar-refractivity contribution in [3.63, 3.8) is 0 Å². The van der Waals surface area contributed by atoms with Crippen molar-refractivity contribution in [2.45, 2.75) is 26.2 Å². The van der Waals surface area contributed by atoms with Gasteiger partial charge < -0.3 is 4.74 Å². The summed E-state index contributed by atoms with van der Waals surface area (Å²) in [4.78, 5) is 10.9. The summed E-state index contributed by atoms with van der Waals surface area (Å²) in [5, 5.41) is 0. The van der Waals surface area contributed by atoms with Gasteiger partial charge in [0.05, 0.1) is 5.56 Å². The third kappa shape index (κ3) is 3.67. The van der Waals surface area contributed by atoms with Crippen molar-refractivity contribution in [1.29, 1.82) is 0 Å². The first-order valence-electron chi connectivity index (χ1n) is 6.74. The Morgan fingerprint density at radius 1 is 1.15 bits per heavy atom. The average molecular weight is 272 g/mol. The van der Waals surface area contributed by atoms with Gasteiger partial charge in [0.1, 0.15) is 17.3 Å². The van der Waals surface area contributed by atoms with E-state index in [0.717, 1.165) is 25.3 Å². The largest absolute Gasteiger partial charge is 0.457 e. The number of unbranched alkanes of at least 4 members (excludes halogenated alkanes) is 1. The van der Waals surface area contributed by atoms with E-state index >= 15 is 0 Å². The molecule has 3 heteroatoms. The lowest BCUT2D eigenvalue weighted by Crippen LogP contribution is -1.92. The topological polar surface area (TPSA) is 26.3 Å². The Labute approximate surface area is 118 Å². The second-order valence-electron chi connectivity index (χ2n) is 4.65. The Bertz CT molecular complexity index is 576. The van der Waals surface area contributed by atoms with Crippen LogP contribution >= 0.6 is 0 Å². The van der Waals surface area contributed by atoms with Crippen molar-refractivity contribution in [3.05, 3.63) is 59.4 Å². The van der Waals surface area contributed by atoms with E-state index in [1.807, 2.05) is 24.3 Å². The molecule has 104 valence electrons. The molecule has 0 bridgehead atoms. The first-order valence-corrected chi connectivity index (χ1v) is 6.74. The van der Waals surface area contributed by atoms with Crippen LogP contribution in [0.3, 0.4) is 0 Å². The fourth-order valence-corrected chi connectivity index (χ4v) is 1.94. The molecule has 0 N–H and O–H groups in total. The first-order chi connectivity index (χ1) is 9.72. The molecule has 0 saturated heterocycles. The zero-order chi connectivity index (χ0) is 14.4. The molecule has 0 amide bonds. The van der Waals surface area contributed by atoms with Gasteiger partial charge in [0.25, 0.3) is 0 Å². The van der Waals surface area contributed by atoms with Crippen molar-refractivity contribution in [2.75, 3.05) is 0 Å². The number of benzene rings is 2. The summed E-state index contributed by atoms with van der Waals surface area (Å²) in [5.41, 5.74) is 1.47. The predicted octanol–water partition coefficient (Wildman–Crippen LogP) is 4.77. The van der Waals surface area contributed by atoms with Gasteiger partial charge in [0.2, 0.25) is 0 Å².